The number of nitrogens with two attached hydrogens (primary N) is 1. The van der Waals surface area contributed by atoms with Crippen molar-refractivity contribution in [3.8, 4) is 0 Å². The lowest BCUT2D eigenvalue weighted by Gasteiger charge is -2.16. The molecule has 1 saturated heterocycles. The van der Waals surface area contributed by atoms with E-state index in [9.17, 15) is 8.78 Å². The van der Waals surface area contributed by atoms with Crippen molar-refractivity contribution in [3.63, 3.8) is 0 Å². The van der Waals surface area contributed by atoms with Crippen molar-refractivity contribution >= 4 is 0 Å². The van der Waals surface area contributed by atoms with Crippen molar-refractivity contribution in [2.24, 2.45) is 5.73 Å². The van der Waals surface area contributed by atoms with Gasteiger partial charge in [-0.15, -0.1) is 0 Å². The number of rotatable bonds is 3. The molecule has 0 spiro atoms. The molecule has 88 valence electrons. The number of hydrogen-bond acceptors (Lipinski definition) is 3. The lowest BCUT2D eigenvalue weighted by Crippen LogP contribution is -2.20. The molecule has 1 aromatic rings. The van der Waals surface area contributed by atoms with E-state index >= 15 is 0 Å². The van der Waals surface area contributed by atoms with Crippen LogP contribution in [-0.2, 0) is 9.47 Å². The Labute approximate surface area is 92.1 Å². The molecule has 0 radical (unpaired) electrons. The van der Waals surface area contributed by atoms with E-state index in [-0.39, 0.29) is 11.9 Å². The molecular weight excluding hydrogens is 216 g/mol. The Hall–Kier alpha value is -1.04. The first-order valence-corrected chi connectivity index (χ1v) is 5.10. The Bertz CT molecular complexity index is 367. The normalized spacial score (nSPS) is 18.9. The molecule has 0 bridgehead atoms. The molecule has 5 heteroatoms. The topological polar surface area (TPSA) is 44.5 Å². The van der Waals surface area contributed by atoms with Gasteiger partial charge in [0.15, 0.2) is 6.29 Å². The van der Waals surface area contributed by atoms with Crippen LogP contribution in [0.2, 0.25) is 0 Å². The Morgan fingerprint density at radius 2 is 2.00 bits per heavy atom. The van der Waals surface area contributed by atoms with Crippen LogP contribution in [0, 0.1) is 11.6 Å². The highest BCUT2D eigenvalue weighted by Gasteiger charge is 2.22. The molecule has 1 heterocycles. The second-order valence-corrected chi connectivity index (χ2v) is 3.68. The summed E-state index contributed by atoms with van der Waals surface area (Å²) in [5.41, 5.74) is 6.08. The zero-order chi connectivity index (χ0) is 11.5. The van der Waals surface area contributed by atoms with E-state index in [0.29, 0.717) is 19.6 Å². The second-order valence-electron chi connectivity index (χ2n) is 3.68. The molecule has 1 atom stereocenters. The molecule has 16 heavy (non-hydrogen) atoms. The van der Waals surface area contributed by atoms with Crippen LogP contribution >= 0.6 is 0 Å². The summed E-state index contributed by atoms with van der Waals surface area (Å²) < 4.78 is 36.5. The minimum Gasteiger partial charge on any atom is -0.350 e. The molecule has 3 nitrogen and oxygen atoms in total. The van der Waals surface area contributed by atoms with Crippen LogP contribution in [0.1, 0.15) is 18.0 Å². The van der Waals surface area contributed by atoms with Gasteiger partial charge in [-0.05, 0) is 6.07 Å². The Kier molecular flexibility index (Phi) is 3.48. The van der Waals surface area contributed by atoms with Crippen molar-refractivity contribution in [1.82, 2.24) is 0 Å². The van der Waals surface area contributed by atoms with Gasteiger partial charge in [0.1, 0.15) is 11.6 Å². The third-order valence-corrected chi connectivity index (χ3v) is 2.50. The van der Waals surface area contributed by atoms with Gasteiger partial charge in [0, 0.05) is 24.1 Å². The van der Waals surface area contributed by atoms with Crippen LogP contribution in [0.4, 0.5) is 8.78 Å². The van der Waals surface area contributed by atoms with E-state index in [0.717, 1.165) is 6.07 Å². The average Bonchev–Trinajstić information content (AvgIpc) is 2.70. The third-order valence-electron chi connectivity index (χ3n) is 2.50. The number of hydrogen-bond donors (Lipinski definition) is 1. The highest BCUT2D eigenvalue weighted by Crippen LogP contribution is 2.22. The first kappa shape index (κ1) is 11.4. The van der Waals surface area contributed by atoms with Crippen LogP contribution in [0.3, 0.4) is 0 Å². The Morgan fingerprint density at radius 3 is 2.62 bits per heavy atom. The summed E-state index contributed by atoms with van der Waals surface area (Å²) in [6, 6.07) is 2.81. The molecule has 0 aliphatic carbocycles. The maximum absolute atomic E-state index is 13.4. The summed E-state index contributed by atoms with van der Waals surface area (Å²) in [5, 5.41) is 0. The predicted molar refractivity (Wildman–Crippen MR) is 53.6 cm³/mol. The van der Waals surface area contributed by atoms with Crippen LogP contribution in [0.5, 0.6) is 0 Å². The molecule has 1 aliphatic heterocycles. The van der Waals surface area contributed by atoms with Gasteiger partial charge in [-0.1, -0.05) is 6.07 Å². The molecule has 0 amide bonds. The lowest BCUT2D eigenvalue weighted by atomic mass is 10.0. The van der Waals surface area contributed by atoms with E-state index in [1.54, 1.807) is 0 Å². The van der Waals surface area contributed by atoms with Gasteiger partial charge in [-0.25, -0.2) is 8.78 Å². The average molecular weight is 229 g/mol. The second kappa shape index (κ2) is 4.86. The first-order chi connectivity index (χ1) is 7.66. The maximum atomic E-state index is 13.4. The quantitative estimate of drug-likeness (QED) is 0.858. The first-order valence-electron chi connectivity index (χ1n) is 5.10. The monoisotopic (exact) mass is 229 g/mol. The molecule has 0 saturated carbocycles. The van der Waals surface area contributed by atoms with Crippen molar-refractivity contribution in [2.45, 2.75) is 18.8 Å². The molecule has 0 aromatic heterocycles. The minimum absolute atomic E-state index is 0.278. The van der Waals surface area contributed by atoms with Crippen LogP contribution in [0.25, 0.3) is 0 Å². The van der Waals surface area contributed by atoms with Gasteiger partial charge in [-0.2, -0.15) is 0 Å². The SMILES string of the molecule is NC(CC1OCCO1)c1ccc(F)cc1F. The Balaban J connectivity index is 2.04. The van der Waals surface area contributed by atoms with E-state index in [1.807, 2.05) is 0 Å². The van der Waals surface area contributed by atoms with Crippen molar-refractivity contribution in [3.05, 3.63) is 35.4 Å². The largest absolute Gasteiger partial charge is 0.350 e. The van der Waals surface area contributed by atoms with Gasteiger partial charge in [-0.3, -0.25) is 0 Å². The van der Waals surface area contributed by atoms with Crippen molar-refractivity contribution in [1.29, 1.82) is 0 Å². The summed E-state index contributed by atoms with van der Waals surface area (Å²) in [6.07, 6.45) is -0.0258. The fourth-order valence-corrected chi connectivity index (χ4v) is 1.68. The third kappa shape index (κ3) is 2.55. The van der Waals surface area contributed by atoms with Gasteiger partial charge >= 0.3 is 0 Å². The van der Waals surface area contributed by atoms with Crippen molar-refractivity contribution < 1.29 is 18.3 Å². The zero-order valence-electron chi connectivity index (χ0n) is 8.66. The van der Waals surface area contributed by atoms with Gasteiger partial charge in [0.2, 0.25) is 0 Å². The smallest absolute Gasteiger partial charge is 0.159 e. The summed E-state index contributed by atoms with van der Waals surface area (Å²) in [7, 11) is 0. The van der Waals surface area contributed by atoms with Crippen molar-refractivity contribution in [2.75, 3.05) is 13.2 Å². The van der Waals surface area contributed by atoms with Crippen LogP contribution in [-0.4, -0.2) is 19.5 Å². The van der Waals surface area contributed by atoms with Crippen LogP contribution < -0.4 is 5.73 Å². The molecular formula is C11H13F2NO2. The summed E-state index contributed by atoms with van der Waals surface area (Å²) in [4.78, 5) is 0. The van der Waals surface area contributed by atoms with Gasteiger partial charge < -0.3 is 15.2 Å². The van der Waals surface area contributed by atoms with Gasteiger partial charge in [0.05, 0.1) is 13.2 Å². The summed E-state index contributed by atoms with van der Waals surface area (Å²) in [6.45, 7) is 1.06. The minimum atomic E-state index is -0.634. The molecule has 2 rings (SSSR count). The predicted octanol–water partition coefficient (Wildman–Crippen LogP) is 1.73. The lowest BCUT2D eigenvalue weighted by molar-refractivity contribution is -0.0509. The standard InChI is InChI=1S/C11H13F2NO2/c12-7-1-2-8(9(13)5-7)10(14)6-11-15-3-4-16-11/h1-2,5,10-11H,3-4,6,14H2. The van der Waals surface area contributed by atoms with E-state index in [1.165, 1.54) is 12.1 Å². The van der Waals surface area contributed by atoms with E-state index < -0.39 is 17.7 Å². The summed E-state index contributed by atoms with van der Waals surface area (Å²) in [5.74, 6) is -1.24. The number of halogens is 2. The van der Waals surface area contributed by atoms with Gasteiger partial charge in [0.25, 0.3) is 0 Å². The highest BCUT2D eigenvalue weighted by molar-refractivity contribution is 5.21. The number of benzene rings is 1. The van der Waals surface area contributed by atoms with E-state index in [4.69, 9.17) is 15.2 Å². The fourth-order valence-electron chi connectivity index (χ4n) is 1.68. The maximum Gasteiger partial charge on any atom is 0.159 e. The molecule has 2 N–H and O–H groups in total. The highest BCUT2D eigenvalue weighted by atomic mass is 19.1. The fraction of sp³-hybridized carbons (Fsp3) is 0.455. The zero-order valence-corrected chi connectivity index (χ0v) is 8.66. The number of ether oxygens (including phenoxy) is 2. The molecule has 1 aliphatic rings. The molecule has 1 aromatic carbocycles. The van der Waals surface area contributed by atoms with Crippen LogP contribution in [0.15, 0.2) is 18.2 Å². The summed E-state index contributed by atoms with van der Waals surface area (Å²) >= 11 is 0. The molecule has 1 fully saturated rings. The molecule has 1 unspecified atom stereocenters. The Morgan fingerprint density at radius 1 is 1.31 bits per heavy atom. The van der Waals surface area contributed by atoms with E-state index in [2.05, 4.69) is 0 Å².